The molecule has 2 bridgehead atoms. The summed E-state index contributed by atoms with van der Waals surface area (Å²) in [6, 6.07) is 4.76. The second-order valence-corrected chi connectivity index (χ2v) is 17.3. The van der Waals surface area contributed by atoms with Crippen molar-refractivity contribution in [2.45, 2.75) is 56.9 Å². The van der Waals surface area contributed by atoms with Crippen LogP contribution in [0.1, 0.15) is 6.42 Å². The van der Waals surface area contributed by atoms with Crippen molar-refractivity contribution in [3.63, 3.8) is 0 Å². The smallest absolute Gasteiger partial charge is 0.186 e. The highest BCUT2D eigenvalue weighted by Crippen LogP contribution is 2.46. The van der Waals surface area contributed by atoms with E-state index in [0.717, 1.165) is 0 Å². The third-order valence-electron chi connectivity index (χ3n) is 4.06. The SMILES string of the molecule is C[Si](C)(C)OC1(C#N)C=C[C@@H]2C[C@H]1C=CC2(C#N)O[Si](C)(C)C. The van der Waals surface area contributed by atoms with Gasteiger partial charge in [0.15, 0.2) is 27.8 Å². The molecule has 0 saturated carbocycles. The Labute approximate surface area is 141 Å². The average Bonchev–Trinajstić information content (AvgIpc) is 2.41. The number of nitriles is 2. The first-order valence-corrected chi connectivity index (χ1v) is 14.9. The highest BCUT2D eigenvalue weighted by Gasteiger charge is 2.52. The molecule has 4 nitrogen and oxygen atoms in total. The highest BCUT2D eigenvalue weighted by atomic mass is 28.4. The predicted molar refractivity (Wildman–Crippen MR) is 95.4 cm³/mol. The molecule has 0 aromatic heterocycles. The Morgan fingerprint density at radius 3 is 1.43 bits per heavy atom. The van der Waals surface area contributed by atoms with E-state index in [9.17, 15) is 10.5 Å². The zero-order valence-corrected chi connectivity index (χ0v) is 16.9. The van der Waals surface area contributed by atoms with E-state index < -0.39 is 27.8 Å². The Bertz CT molecular complexity index is 564. The first kappa shape index (κ1) is 18.2. The minimum Gasteiger partial charge on any atom is -0.396 e. The van der Waals surface area contributed by atoms with Crippen molar-refractivity contribution in [3.8, 4) is 12.1 Å². The third-order valence-corrected chi connectivity index (χ3v) is 5.96. The Kier molecular flexibility index (Phi) is 4.51. The number of nitrogens with zero attached hydrogens (tertiary/aromatic N) is 2. The first-order chi connectivity index (χ1) is 10.5. The van der Waals surface area contributed by atoms with Gasteiger partial charge in [0.1, 0.15) is 12.1 Å². The topological polar surface area (TPSA) is 66.0 Å². The van der Waals surface area contributed by atoms with E-state index in [0.29, 0.717) is 6.42 Å². The van der Waals surface area contributed by atoms with Crippen LogP contribution in [0, 0.1) is 34.5 Å². The molecule has 0 amide bonds. The standard InChI is InChI=1S/C17H26N2O2Si2/c1-22(2,3)20-16(12-18)9-7-15-11-14(16)8-10-17(15,13-19)21-23(4,5)6/h7-10,14-15H,11H2,1-6H3/t14-,15-,16?,17?/m1/s1. The van der Waals surface area contributed by atoms with E-state index >= 15 is 0 Å². The van der Waals surface area contributed by atoms with Crippen LogP contribution >= 0.6 is 0 Å². The van der Waals surface area contributed by atoms with Crippen molar-refractivity contribution >= 4 is 16.6 Å². The zero-order valence-electron chi connectivity index (χ0n) is 14.9. The molecule has 0 aliphatic heterocycles. The summed E-state index contributed by atoms with van der Waals surface area (Å²) in [5, 5.41) is 19.5. The molecule has 6 heteroatoms. The Morgan fingerprint density at radius 1 is 0.826 bits per heavy atom. The molecule has 2 unspecified atom stereocenters. The van der Waals surface area contributed by atoms with Gasteiger partial charge < -0.3 is 8.85 Å². The highest BCUT2D eigenvalue weighted by molar-refractivity contribution is 6.70. The summed E-state index contributed by atoms with van der Waals surface area (Å²) < 4.78 is 12.5. The first-order valence-electron chi connectivity index (χ1n) is 8.07. The molecule has 23 heavy (non-hydrogen) atoms. The Balaban J connectivity index is 2.38. The van der Waals surface area contributed by atoms with Crippen LogP contribution in [-0.4, -0.2) is 27.8 Å². The van der Waals surface area contributed by atoms with Crippen LogP contribution in [0.5, 0.6) is 0 Å². The summed E-state index contributed by atoms with van der Waals surface area (Å²) in [6.45, 7) is 12.5. The largest absolute Gasteiger partial charge is 0.396 e. The van der Waals surface area contributed by atoms with E-state index in [4.69, 9.17) is 8.85 Å². The normalized spacial score (nSPS) is 36.3. The van der Waals surface area contributed by atoms with Crippen LogP contribution < -0.4 is 0 Å². The molecule has 124 valence electrons. The summed E-state index contributed by atoms with van der Waals surface area (Å²) >= 11 is 0. The fourth-order valence-electron chi connectivity index (χ4n) is 3.35. The quantitative estimate of drug-likeness (QED) is 0.570. The van der Waals surface area contributed by atoms with Gasteiger partial charge in [-0.1, -0.05) is 12.2 Å². The molecule has 0 aromatic rings. The molecule has 0 aromatic carbocycles. The number of hydrogen-bond acceptors (Lipinski definition) is 4. The van der Waals surface area contributed by atoms with Gasteiger partial charge in [0.25, 0.3) is 0 Å². The van der Waals surface area contributed by atoms with Gasteiger partial charge in [-0.15, -0.1) is 0 Å². The van der Waals surface area contributed by atoms with Gasteiger partial charge in [-0.25, -0.2) is 0 Å². The molecule has 0 N–H and O–H groups in total. The summed E-state index contributed by atoms with van der Waals surface area (Å²) in [7, 11) is -3.75. The van der Waals surface area contributed by atoms with E-state index in [1.165, 1.54) is 0 Å². The molecule has 0 radical (unpaired) electrons. The van der Waals surface area contributed by atoms with E-state index in [-0.39, 0.29) is 11.8 Å². The van der Waals surface area contributed by atoms with Crippen LogP contribution in [0.3, 0.4) is 0 Å². The molecule has 2 aliphatic rings. The van der Waals surface area contributed by atoms with E-state index in [2.05, 4.69) is 51.4 Å². The van der Waals surface area contributed by atoms with Gasteiger partial charge in [-0.2, -0.15) is 10.5 Å². The number of fused-ring (bicyclic) bond motifs is 2. The summed E-state index contributed by atoms with van der Waals surface area (Å²) in [5.74, 6) is -0.0538. The lowest BCUT2D eigenvalue weighted by atomic mass is 9.67. The van der Waals surface area contributed by atoms with Crippen LogP contribution in [0.25, 0.3) is 0 Å². The molecule has 0 saturated heterocycles. The van der Waals surface area contributed by atoms with Crippen LogP contribution in [0.4, 0.5) is 0 Å². The zero-order chi connectivity index (χ0) is 17.5. The lowest BCUT2D eigenvalue weighted by molar-refractivity contribution is 0.0489. The minimum atomic E-state index is -1.87. The number of rotatable bonds is 4. The molecule has 4 atom stereocenters. The molecular formula is C17H26N2O2Si2. The lowest BCUT2D eigenvalue weighted by Crippen LogP contribution is -2.54. The van der Waals surface area contributed by atoms with Gasteiger partial charge in [-0.05, 0) is 57.9 Å². The molecule has 2 rings (SSSR count). The fraction of sp³-hybridized carbons (Fsp3) is 0.647. The monoisotopic (exact) mass is 346 g/mol. The van der Waals surface area contributed by atoms with Crippen molar-refractivity contribution in [1.82, 2.24) is 0 Å². The summed E-state index contributed by atoms with van der Waals surface area (Å²) in [4.78, 5) is 0. The maximum atomic E-state index is 9.76. The van der Waals surface area contributed by atoms with Gasteiger partial charge in [0.05, 0.1) is 0 Å². The maximum Gasteiger partial charge on any atom is 0.186 e. The Hall–Kier alpha value is -1.19. The predicted octanol–water partition coefficient (Wildman–Crippen LogP) is 3.98. The third kappa shape index (κ3) is 3.67. The van der Waals surface area contributed by atoms with E-state index in [1.807, 2.05) is 24.3 Å². The van der Waals surface area contributed by atoms with Gasteiger partial charge >= 0.3 is 0 Å². The van der Waals surface area contributed by atoms with Crippen molar-refractivity contribution in [1.29, 1.82) is 10.5 Å². The second-order valence-electron chi connectivity index (χ2n) is 8.41. The van der Waals surface area contributed by atoms with Crippen LogP contribution in [0.15, 0.2) is 24.3 Å². The number of hydrogen-bond donors (Lipinski definition) is 0. The van der Waals surface area contributed by atoms with Crippen molar-refractivity contribution < 1.29 is 8.85 Å². The molecule has 0 fully saturated rings. The van der Waals surface area contributed by atoms with Gasteiger partial charge in [-0.3, -0.25) is 0 Å². The van der Waals surface area contributed by atoms with E-state index in [1.54, 1.807) is 0 Å². The van der Waals surface area contributed by atoms with Crippen molar-refractivity contribution in [2.75, 3.05) is 0 Å². The molecular weight excluding hydrogens is 320 g/mol. The lowest BCUT2D eigenvalue weighted by Gasteiger charge is -2.47. The van der Waals surface area contributed by atoms with Crippen molar-refractivity contribution in [2.24, 2.45) is 11.8 Å². The average molecular weight is 347 g/mol. The van der Waals surface area contributed by atoms with Crippen LogP contribution in [0.2, 0.25) is 39.3 Å². The molecule has 0 spiro atoms. The fourth-order valence-corrected chi connectivity index (χ4v) is 5.91. The second kappa shape index (κ2) is 5.71. The van der Waals surface area contributed by atoms with Crippen molar-refractivity contribution in [3.05, 3.63) is 24.3 Å². The molecule has 0 heterocycles. The summed E-state index contributed by atoms with van der Waals surface area (Å²) in [5.41, 5.74) is -1.81. The van der Waals surface area contributed by atoms with Gasteiger partial charge in [0, 0.05) is 11.8 Å². The summed E-state index contributed by atoms with van der Waals surface area (Å²) in [6.07, 6.45) is 8.38. The molecule has 2 aliphatic carbocycles. The van der Waals surface area contributed by atoms with Crippen LogP contribution in [-0.2, 0) is 8.85 Å². The maximum absolute atomic E-state index is 9.76. The van der Waals surface area contributed by atoms with Gasteiger partial charge in [0.2, 0.25) is 0 Å². The Morgan fingerprint density at radius 2 is 1.17 bits per heavy atom. The minimum absolute atomic E-state index is 0.0269.